The predicted octanol–water partition coefficient (Wildman–Crippen LogP) is 1.09. The van der Waals surface area contributed by atoms with Crippen molar-refractivity contribution in [3.63, 3.8) is 0 Å². The molecule has 0 bridgehead atoms. The highest BCUT2D eigenvalue weighted by atomic mass is 16.2. The van der Waals surface area contributed by atoms with Gasteiger partial charge in [0.15, 0.2) is 5.65 Å². The number of amides is 1. The fourth-order valence-electron chi connectivity index (χ4n) is 3.43. The lowest BCUT2D eigenvalue weighted by atomic mass is 10.1. The molecule has 8 heteroatoms. The molecule has 8 nitrogen and oxygen atoms in total. The largest absolute Gasteiger partial charge is 0.336 e. The number of nitrogens with zero attached hydrogens (tertiary/aromatic N) is 6. The van der Waals surface area contributed by atoms with E-state index < -0.39 is 0 Å². The van der Waals surface area contributed by atoms with Crippen LogP contribution in [0.5, 0.6) is 0 Å². The Morgan fingerprint density at radius 3 is 2.81 bits per heavy atom. The summed E-state index contributed by atoms with van der Waals surface area (Å²) in [6, 6.07) is 8.50. The van der Waals surface area contributed by atoms with Gasteiger partial charge < -0.3 is 4.90 Å². The summed E-state index contributed by atoms with van der Waals surface area (Å²) in [6.45, 7) is 1.01. The zero-order valence-corrected chi connectivity index (χ0v) is 14.2. The number of hydrogen-bond donors (Lipinski definition) is 0. The number of aryl methyl sites for hydroxylation is 1. The van der Waals surface area contributed by atoms with Gasteiger partial charge >= 0.3 is 5.69 Å². The number of likely N-dealkylation sites (tertiary alicyclic amines) is 1. The number of aromatic nitrogens is 4. The number of rotatable bonds is 2. The second kappa shape index (κ2) is 6.11. The molecule has 0 N–H and O–H groups in total. The number of carbonyl (C=O) groups excluding carboxylic acids is 1. The van der Waals surface area contributed by atoms with Crippen molar-refractivity contribution in [1.82, 2.24) is 24.0 Å². The summed E-state index contributed by atoms with van der Waals surface area (Å²) in [5.41, 5.74) is 2.16. The van der Waals surface area contributed by atoms with Crippen LogP contribution in [0.4, 0.5) is 0 Å². The molecule has 1 aromatic carbocycles. The van der Waals surface area contributed by atoms with Crippen molar-refractivity contribution in [2.45, 2.75) is 12.5 Å². The van der Waals surface area contributed by atoms with E-state index in [9.17, 15) is 9.59 Å². The van der Waals surface area contributed by atoms with Gasteiger partial charge in [0, 0.05) is 25.7 Å². The first-order chi connectivity index (χ1) is 12.6. The molecule has 0 radical (unpaired) electrons. The molecule has 0 spiro atoms. The molecule has 1 fully saturated rings. The van der Waals surface area contributed by atoms with Crippen LogP contribution in [-0.4, -0.2) is 43.0 Å². The average Bonchev–Trinajstić information content (AvgIpc) is 3.25. The van der Waals surface area contributed by atoms with Crippen LogP contribution >= 0.6 is 0 Å². The fourth-order valence-corrected chi connectivity index (χ4v) is 3.43. The van der Waals surface area contributed by atoms with Crippen LogP contribution in [0.3, 0.4) is 0 Å². The Morgan fingerprint density at radius 1 is 1.31 bits per heavy atom. The molecule has 1 aliphatic rings. The van der Waals surface area contributed by atoms with Gasteiger partial charge in [-0.05, 0) is 30.7 Å². The van der Waals surface area contributed by atoms with Gasteiger partial charge in [0.2, 0.25) is 0 Å². The Bertz CT molecular complexity index is 1090. The fraction of sp³-hybridized carbons (Fsp3) is 0.278. The van der Waals surface area contributed by atoms with Gasteiger partial charge in [-0.3, -0.25) is 13.9 Å². The number of carbonyl (C=O) groups is 1. The lowest BCUT2D eigenvalue weighted by Crippen LogP contribution is -2.31. The van der Waals surface area contributed by atoms with Gasteiger partial charge in [-0.1, -0.05) is 0 Å². The predicted molar refractivity (Wildman–Crippen MR) is 93.5 cm³/mol. The Morgan fingerprint density at radius 2 is 2.08 bits per heavy atom. The molecule has 1 atom stereocenters. The first-order valence-electron chi connectivity index (χ1n) is 8.26. The third kappa shape index (κ3) is 2.45. The maximum Gasteiger partial charge on any atom is 0.330 e. The molecule has 3 heterocycles. The molecule has 1 aliphatic heterocycles. The Kier molecular flexibility index (Phi) is 3.77. The minimum absolute atomic E-state index is 0.0973. The molecule has 26 heavy (non-hydrogen) atoms. The van der Waals surface area contributed by atoms with E-state index in [0.29, 0.717) is 41.8 Å². The maximum absolute atomic E-state index is 12.7. The van der Waals surface area contributed by atoms with E-state index in [0.717, 1.165) is 0 Å². The van der Waals surface area contributed by atoms with E-state index in [1.54, 1.807) is 47.0 Å². The molecular formula is C18H16N6O2. The minimum Gasteiger partial charge on any atom is -0.336 e. The Labute approximate surface area is 148 Å². The summed E-state index contributed by atoms with van der Waals surface area (Å²) >= 11 is 0. The topological polar surface area (TPSA) is 96.8 Å². The molecule has 130 valence electrons. The summed E-state index contributed by atoms with van der Waals surface area (Å²) in [5, 5.41) is 8.86. The number of hydrogen-bond acceptors (Lipinski definition) is 5. The minimum atomic E-state index is -0.154. The van der Waals surface area contributed by atoms with Gasteiger partial charge in [0.1, 0.15) is 11.8 Å². The number of fused-ring (bicyclic) bond motifs is 1. The molecule has 1 amide bonds. The number of benzene rings is 1. The normalized spacial score (nSPS) is 16.8. The van der Waals surface area contributed by atoms with E-state index in [1.807, 2.05) is 6.07 Å². The van der Waals surface area contributed by atoms with Crippen LogP contribution in [0.1, 0.15) is 28.4 Å². The molecule has 3 aromatic rings. The van der Waals surface area contributed by atoms with Crippen LogP contribution in [0.25, 0.3) is 11.2 Å². The summed E-state index contributed by atoms with van der Waals surface area (Å²) in [5.74, 6) is -0.0973. The monoisotopic (exact) mass is 348 g/mol. The second-order valence-corrected chi connectivity index (χ2v) is 6.33. The lowest BCUT2D eigenvalue weighted by Gasteiger charge is -2.17. The smallest absolute Gasteiger partial charge is 0.330 e. The highest BCUT2D eigenvalue weighted by Gasteiger charge is 2.31. The van der Waals surface area contributed by atoms with Crippen molar-refractivity contribution >= 4 is 17.1 Å². The van der Waals surface area contributed by atoms with Crippen molar-refractivity contribution in [3.05, 3.63) is 58.4 Å². The SMILES string of the molecule is Cn1c(=O)n(C2CCN(C(=O)c3ccc(C#N)cc3)C2)c2ncncc21. The van der Waals surface area contributed by atoms with Gasteiger partial charge in [-0.2, -0.15) is 5.26 Å². The van der Waals surface area contributed by atoms with Crippen molar-refractivity contribution in [3.8, 4) is 6.07 Å². The molecule has 1 unspecified atom stereocenters. The summed E-state index contributed by atoms with van der Waals surface area (Å²) in [6.07, 6.45) is 3.73. The second-order valence-electron chi connectivity index (χ2n) is 6.33. The van der Waals surface area contributed by atoms with Crippen LogP contribution in [-0.2, 0) is 7.05 Å². The lowest BCUT2D eigenvalue weighted by molar-refractivity contribution is 0.0787. The zero-order valence-electron chi connectivity index (χ0n) is 14.2. The molecular weight excluding hydrogens is 332 g/mol. The van der Waals surface area contributed by atoms with Crippen LogP contribution in [0.15, 0.2) is 41.6 Å². The van der Waals surface area contributed by atoms with Gasteiger partial charge in [0.25, 0.3) is 5.91 Å². The number of nitriles is 1. The molecule has 2 aromatic heterocycles. The third-order valence-electron chi connectivity index (χ3n) is 4.83. The number of imidazole rings is 1. The molecule has 0 saturated carbocycles. The Balaban J connectivity index is 1.61. The van der Waals surface area contributed by atoms with E-state index in [4.69, 9.17) is 5.26 Å². The van der Waals surface area contributed by atoms with Crippen LogP contribution < -0.4 is 5.69 Å². The van der Waals surface area contributed by atoms with E-state index in [1.165, 1.54) is 10.9 Å². The summed E-state index contributed by atoms with van der Waals surface area (Å²) in [4.78, 5) is 35.3. The van der Waals surface area contributed by atoms with E-state index in [2.05, 4.69) is 9.97 Å². The van der Waals surface area contributed by atoms with Gasteiger partial charge in [-0.25, -0.2) is 14.8 Å². The van der Waals surface area contributed by atoms with Crippen molar-refractivity contribution in [1.29, 1.82) is 5.26 Å². The maximum atomic E-state index is 12.7. The van der Waals surface area contributed by atoms with Gasteiger partial charge in [-0.15, -0.1) is 0 Å². The standard InChI is InChI=1S/C18H16N6O2/c1-22-15-9-20-11-21-16(15)24(18(22)26)14-6-7-23(10-14)17(25)13-4-2-12(8-19)3-5-13/h2-5,9,11,14H,6-7,10H2,1H3. The van der Waals surface area contributed by atoms with Crippen molar-refractivity contribution in [2.75, 3.05) is 13.1 Å². The van der Waals surface area contributed by atoms with Crippen molar-refractivity contribution in [2.24, 2.45) is 7.05 Å². The van der Waals surface area contributed by atoms with Crippen molar-refractivity contribution < 1.29 is 4.79 Å². The van der Waals surface area contributed by atoms with Gasteiger partial charge in [0.05, 0.1) is 23.9 Å². The average molecular weight is 348 g/mol. The quantitative estimate of drug-likeness (QED) is 0.690. The Hall–Kier alpha value is -3.47. The van der Waals surface area contributed by atoms with Crippen LogP contribution in [0.2, 0.25) is 0 Å². The highest BCUT2D eigenvalue weighted by Crippen LogP contribution is 2.25. The third-order valence-corrected chi connectivity index (χ3v) is 4.83. The zero-order chi connectivity index (χ0) is 18.3. The van der Waals surface area contributed by atoms with Crippen LogP contribution in [0, 0.1) is 11.3 Å². The molecule has 0 aliphatic carbocycles. The first-order valence-corrected chi connectivity index (χ1v) is 8.26. The van der Waals surface area contributed by atoms with E-state index >= 15 is 0 Å². The summed E-state index contributed by atoms with van der Waals surface area (Å²) in [7, 11) is 1.69. The highest BCUT2D eigenvalue weighted by molar-refractivity contribution is 5.94. The molecule has 4 rings (SSSR count). The van der Waals surface area contributed by atoms with E-state index in [-0.39, 0.29) is 17.6 Å². The first kappa shape index (κ1) is 16.0. The summed E-state index contributed by atoms with van der Waals surface area (Å²) < 4.78 is 3.18. The molecule has 1 saturated heterocycles.